The number of imidazole rings is 1. The molecule has 0 saturated carbocycles. The third-order valence-electron chi connectivity index (χ3n) is 8.39. The highest BCUT2D eigenvalue weighted by atomic mass is 127. The second-order valence-electron chi connectivity index (χ2n) is 11.6. The summed E-state index contributed by atoms with van der Waals surface area (Å²) in [6.07, 6.45) is 3.62. The van der Waals surface area contributed by atoms with E-state index in [-0.39, 0.29) is 12.4 Å². The predicted molar refractivity (Wildman–Crippen MR) is 194 cm³/mol. The van der Waals surface area contributed by atoms with Crippen LogP contribution in [0.25, 0.3) is 28.0 Å². The molecule has 0 radical (unpaired) electrons. The van der Waals surface area contributed by atoms with Crippen LogP contribution in [0.15, 0.2) is 70.5 Å². The van der Waals surface area contributed by atoms with Crippen molar-refractivity contribution in [2.24, 2.45) is 0 Å². The zero-order chi connectivity index (χ0) is 33.2. The van der Waals surface area contributed by atoms with Gasteiger partial charge in [-0.2, -0.15) is 5.26 Å². The molecule has 2 aromatic heterocycles. The molecule has 5 aromatic rings. The summed E-state index contributed by atoms with van der Waals surface area (Å²) in [5.74, 6) is 1.27. The number of amides is 1. The number of aromatic nitrogens is 4. The van der Waals surface area contributed by atoms with Crippen LogP contribution in [0.1, 0.15) is 12.0 Å². The zero-order valence-corrected chi connectivity index (χ0v) is 29.1. The number of hydrogen-bond acceptors (Lipinski definition) is 11. The number of nitrogens with zero attached hydrogens (tertiary/aromatic N) is 7. The SMILES string of the molecule is CN1CCN(c2ccc3cc(/C=C(\C#N)C(=O)NCCCn4c(Sc5cc6c(cc5I)OCO6)nc5c(N)ncnc54)ccc3c2)CC1. The minimum absolute atomic E-state index is 0.0469. The molecule has 244 valence electrons. The zero-order valence-electron chi connectivity index (χ0n) is 26.1. The number of nitrogens with one attached hydrogen (secondary N) is 1. The fourth-order valence-electron chi connectivity index (χ4n) is 5.74. The Morgan fingerprint density at radius 3 is 2.67 bits per heavy atom. The number of likely N-dealkylation sites (N-methyl/N-ethyl adjacent to an activating group) is 1. The second kappa shape index (κ2) is 13.9. The van der Waals surface area contributed by atoms with Gasteiger partial charge in [-0.15, -0.1) is 0 Å². The van der Waals surface area contributed by atoms with Crippen molar-refractivity contribution < 1.29 is 14.3 Å². The molecule has 1 fully saturated rings. The summed E-state index contributed by atoms with van der Waals surface area (Å²) in [5, 5.41) is 15.6. The first-order valence-electron chi connectivity index (χ1n) is 15.5. The van der Waals surface area contributed by atoms with E-state index in [2.05, 4.69) is 79.0 Å². The lowest BCUT2D eigenvalue weighted by Crippen LogP contribution is -2.44. The monoisotopic (exact) mass is 773 g/mol. The third-order valence-corrected chi connectivity index (χ3v) is 10.7. The number of rotatable bonds is 9. The van der Waals surface area contributed by atoms with Crippen molar-refractivity contribution >= 4 is 79.8 Å². The molecular weight excluding hydrogens is 741 g/mol. The molecule has 0 atom stereocenters. The summed E-state index contributed by atoms with van der Waals surface area (Å²) in [5.41, 5.74) is 9.32. The van der Waals surface area contributed by atoms with E-state index in [0.717, 1.165) is 51.0 Å². The van der Waals surface area contributed by atoms with Crippen LogP contribution < -0.4 is 25.4 Å². The van der Waals surface area contributed by atoms with Gasteiger partial charge in [-0.25, -0.2) is 15.0 Å². The number of nitriles is 1. The van der Waals surface area contributed by atoms with Crippen molar-refractivity contribution in [2.45, 2.75) is 23.0 Å². The number of anilines is 2. The summed E-state index contributed by atoms with van der Waals surface area (Å²) in [6.45, 7) is 5.15. The van der Waals surface area contributed by atoms with Gasteiger partial charge < -0.3 is 34.9 Å². The Morgan fingerprint density at radius 2 is 1.85 bits per heavy atom. The number of halogens is 1. The standard InChI is InChI=1S/C34H32IN9O3S/c1-42-9-11-43(12-10-42)25-6-5-22-13-21(3-4-23(22)15-25)14-24(18-36)33(45)38-7-2-8-44-32-30(31(37)39-19-40-32)41-34(44)48-29-17-28-27(16-26(29)35)46-20-47-28/h3-6,13-17,19H,2,7-12,20H2,1H3,(H,38,45)(H2,37,39,40)/b24-14+. The molecule has 14 heteroatoms. The van der Waals surface area contributed by atoms with Gasteiger partial charge in [0.1, 0.15) is 18.0 Å². The summed E-state index contributed by atoms with van der Waals surface area (Å²) >= 11 is 3.73. The Labute approximate surface area is 295 Å². The number of aryl methyl sites for hydroxylation is 1. The number of fused-ring (bicyclic) bond motifs is 3. The van der Waals surface area contributed by atoms with Crippen LogP contribution in [0, 0.1) is 14.9 Å². The summed E-state index contributed by atoms with van der Waals surface area (Å²) in [7, 11) is 2.15. The highest BCUT2D eigenvalue weighted by Gasteiger charge is 2.21. The van der Waals surface area contributed by atoms with Crippen molar-refractivity contribution in [1.29, 1.82) is 5.26 Å². The number of nitrogen functional groups attached to an aromatic ring is 1. The molecule has 2 aliphatic rings. The molecule has 0 bridgehead atoms. The highest BCUT2D eigenvalue weighted by Crippen LogP contribution is 2.41. The maximum absolute atomic E-state index is 13.0. The maximum Gasteiger partial charge on any atom is 0.261 e. The minimum Gasteiger partial charge on any atom is -0.454 e. The van der Waals surface area contributed by atoms with Crippen molar-refractivity contribution in [2.75, 3.05) is 57.2 Å². The van der Waals surface area contributed by atoms with Crippen LogP contribution in [-0.4, -0.2) is 76.9 Å². The summed E-state index contributed by atoms with van der Waals surface area (Å²) in [6, 6.07) is 18.4. The van der Waals surface area contributed by atoms with Crippen LogP contribution >= 0.6 is 34.4 Å². The molecule has 1 amide bonds. The maximum atomic E-state index is 13.0. The Morgan fingerprint density at radius 1 is 1.08 bits per heavy atom. The smallest absolute Gasteiger partial charge is 0.261 e. The molecule has 0 aliphatic carbocycles. The lowest BCUT2D eigenvalue weighted by atomic mass is 10.0. The quantitative estimate of drug-likeness (QED) is 0.0912. The van der Waals surface area contributed by atoms with E-state index in [1.807, 2.05) is 34.9 Å². The van der Waals surface area contributed by atoms with E-state index in [0.29, 0.717) is 53.1 Å². The van der Waals surface area contributed by atoms with E-state index in [1.54, 1.807) is 6.08 Å². The molecular formula is C34H32IN9O3S. The van der Waals surface area contributed by atoms with Gasteiger partial charge in [0.2, 0.25) is 6.79 Å². The number of hydrogen-bond donors (Lipinski definition) is 2. The van der Waals surface area contributed by atoms with Gasteiger partial charge in [0.25, 0.3) is 5.91 Å². The van der Waals surface area contributed by atoms with E-state index >= 15 is 0 Å². The second-order valence-corrected chi connectivity index (χ2v) is 13.7. The van der Waals surface area contributed by atoms with Gasteiger partial charge in [0, 0.05) is 53.4 Å². The number of nitrogens with two attached hydrogens (primary N) is 1. The van der Waals surface area contributed by atoms with Crippen molar-refractivity contribution in [3.05, 3.63) is 69.6 Å². The van der Waals surface area contributed by atoms with Gasteiger partial charge in [0.15, 0.2) is 33.6 Å². The highest BCUT2D eigenvalue weighted by molar-refractivity contribution is 14.1. The Balaban J connectivity index is 1.02. The normalized spacial score (nSPS) is 14.9. The van der Waals surface area contributed by atoms with Gasteiger partial charge in [-0.1, -0.05) is 30.0 Å². The van der Waals surface area contributed by atoms with Gasteiger partial charge in [-0.3, -0.25) is 4.79 Å². The molecule has 7 rings (SSSR count). The topological polar surface area (TPSA) is 147 Å². The van der Waals surface area contributed by atoms with Gasteiger partial charge in [0.05, 0.1) is 0 Å². The average molecular weight is 774 g/mol. The average Bonchev–Trinajstić information content (AvgIpc) is 3.70. The van der Waals surface area contributed by atoms with E-state index in [4.69, 9.17) is 20.2 Å². The number of carbonyl (C=O) groups is 1. The number of benzene rings is 3. The summed E-state index contributed by atoms with van der Waals surface area (Å²) < 4.78 is 14.0. The predicted octanol–water partition coefficient (Wildman–Crippen LogP) is 4.91. The van der Waals surface area contributed by atoms with Crippen LogP contribution in [-0.2, 0) is 11.3 Å². The molecule has 1 saturated heterocycles. The molecule has 0 unspecified atom stereocenters. The van der Waals surface area contributed by atoms with Crippen LogP contribution in [0.2, 0.25) is 0 Å². The fourth-order valence-corrected chi connectivity index (χ4v) is 7.45. The third kappa shape index (κ3) is 6.71. The summed E-state index contributed by atoms with van der Waals surface area (Å²) in [4.78, 5) is 32.0. The van der Waals surface area contributed by atoms with Crippen LogP contribution in [0.3, 0.4) is 0 Å². The first-order valence-corrected chi connectivity index (χ1v) is 17.4. The number of piperazine rings is 1. The molecule has 12 nitrogen and oxygen atoms in total. The van der Waals surface area contributed by atoms with Gasteiger partial charge in [-0.05, 0) is 88.8 Å². The van der Waals surface area contributed by atoms with Crippen LogP contribution in [0.4, 0.5) is 11.5 Å². The largest absolute Gasteiger partial charge is 0.454 e. The molecule has 3 aromatic carbocycles. The van der Waals surface area contributed by atoms with Crippen molar-refractivity contribution in [3.8, 4) is 17.6 Å². The van der Waals surface area contributed by atoms with E-state index in [1.165, 1.54) is 23.8 Å². The molecule has 0 spiro atoms. The Hall–Kier alpha value is -4.59. The van der Waals surface area contributed by atoms with E-state index < -0.39 is 5.91 Å². The molecule has 48 heavy (non-hydrogen) atoms. The van der Waals surface area contributed by atoms with Gasteiger partial charge >= 0.3 is 0 Å². The van der Waals surface area contributed by atoms with Crippen LogP contribution in [0.5, 0.6) is 11.5 Å². The first-order chi connectivity index (χ1) is 23.4. The number of ether oxygens (including phenoxy) is 2. The fraction of sp³-hybridized carbons (Fsp3) is 0.265. The minimum atomic E-state index is -0.422. The van der Waals surface area contributed by atoms with E-state index in [9.17, 15) is 10.1 Å². The van der Waals surface area contributed by atoms with Crippen molar-refractivity contribution in [3.63, 3.8) is 0 Å². The molecule has 2 aliphatic heterocycles. The number of carbonyl (C=O) groups excluding carboxylic acids is 1. The van der Waals surface area contributed by atoms with Crippen molar-refractivity contribution in [1.82, 2.24) is 29.7 Å². The molecule has 4 heterocycles. The Bertz CT molecular complexity index is 2100. The Kier molecular flexibility index (Phi) is 9.24. The molecule has 3 N–H and O–H groups in total. The lowest BCUT2D eigenvalue weighted by molar-refractivity contribution is -0.117. The lowest BCUT2D eigenvalue weighted by Gasteiger charge is -2.34. The first kappa shape index (κ1) is 32.0.